The van der Waals surface area contributed by atoms with Crippen molar-refractivity contribution >= 4 is 11.7 Å². The van der Waals surface area contributed by atoms with E-state index in [1.807, 2.05) is 29.9 Å². The maximum atomic E-state index is 13.0. The van der Waals surface area contributed by atoms with Crippen LogP contribution in [-0.4, -0.2) is 22.0 Å². The second kappa shape index (κ2) is 7.25. The predicted molar refractivity (Wildman–Crippen MR) is 86.5 cm³/mol. The first-order chi connectivity index (χ1) is 11.3. The molecule has 0 unspecified atom stereocenters. The van der Waals surface area contributed by atoms with Crippen LogP contribution in [0, 0.1) is 0 Å². The highest BCUT2D eigenvalue weighted by atomic mass is 19.4. The molecule has 0 aliphatic carbocycles. The number of aromatic nitrogens is 1. The molecule has 24 heavy (non-hydrogen) atoms. The van der Waals surface area contributed by atoms with E-state index in [-0.39, 0.29) is 18.8 Å². The molecule has 0 radical (unpaired) electrons. The highest BCUT2D eigenvalue weighted by molar-refractivity contribution is 5.90. The first-order valence-corrected chi connectivity index (χ1v) is 7.26. The van der Waals surface area contributed by atoms with E-state index in [1.165, 1.54) is 29.2 Å². The number of hydrogen-bond donors (Lipinski definition) is 1. The smallest absolute Gasteiger partial charge is 0.353 e. The van der Waals surface area contributed by atoms with E-state index < -0.39 is 17.8 Å². The van der Waals surface area contributed by atoms with E-state index in [0.717, 1.165) is 11.8 Å². The van der Waals surface area contributed by atoms with Gasteiger partial charge in [0.1, 0.15) is 0 Å². The number of hydrogen-bond acceptors (Lipinski definition) is 1. The number of nitrogens with one attached hydrogen (secondary N) is 1. The number of nitrogens with zero attached hydrogens (tertiary/aromatic N) is 2. The minimum Gasteiger partial charge on any atom is -0.353 e. The van der Waals surface area contributed by atoms with Gasteiger partial charge in [-0.25, -0.2) is 4.79 Å². The Morgan fingerprint density at radius 3 is 2.58 bits per heavy atom. The van der Waals surface area contributed by atoms with Crippen LogP contribution in [0.3, 0.4) is 0 Å². The zero-order valence-corrected chi connectivity index (χ0v) is 13.2. The lowest BCUT2D eigenvalue weighted by Crippen LogP contribution is -2.35. The van der Waals surface area contributed by atoms with Crippen molar-refractivity contribution < 1.29 is 18.0 Å². The van der Waals surface area contributed by atoms with Crippen LogP contribution < -0.4 is 5.32 Å². The normalized spacial score (nSPS) is 11.2. The number of urea groups is 1. The molecular formula is C17H18F3N3O. The van der Waals surface area contributed by atoms with Gasteiger partial charge in [0.25, 0.3) is 0 Å². The standard InChI is InChI=1S/C17H18F3N3O/c1-3-10-23(12-13-7-6-11-22(13)2)16(24)21-15-9-5-4-8-14(15)17(18,19)20/h3-9,11H,1,10,12H2,2H3,(H,21,24). The summed E-state index contributed by atoms with van der Waals surface area (Å²) in [5.74, 6) is 0. The topological polar surface area (TPSA) is 37.3 Å². The van der Waals surface area contributed by atoms with Crippen LogP contribution in [0.4, 0.5) is 23.7 Å². The number of alkyl halides is 3. The number of rotatable bonds is 5. The van der Waals surface area contributed by atoms with Gasteiger partial charge in [0.05, 0.1) is 17.8 Å². The van der Waals surface area contributed by atoms with Crippen LogP contribution >= 0.6 is 0 Å². The zero-order valence-electron chi connectivity index (χ0n) is 13.2. The second-order valence-electron chi connectivity index (χ2n) is 5.25. The number of amides is 2. The molecule has 7 heteroatoms. The Bertz CT molecular complexity index is 722. The summed E-state index contributed by atoms with van der Waals surface area (Å²) < 4.78 is 40.9. The lowest BCUT2D eigenvalue weighted by molar-refractivity contribution is -0.136. The van der Waals surface area contributed by atoms with Crippen molar-refractivity contribution in [2.75, 3.05) is 11.9 Å². The summed E-state index contributed by atoms with van der Waals surface area (Å²) in [5, 5.41) is 2.34. The number of carbonyl (C=O) groups is 1. The summed E-state index contributed by atoms with van der Waals surface area (Å²) in [7, 11) is 1.83. The maximum Gasteiger partial charge on any atom is 0.418 e. The lowest BCUT2D eigenvalue weighted by Gasteiger charge is -2.23. The van der Waals surface area contributed by atoms with Crippen molar-refractivity contribution in [3.8, 4) is 0 Å². The highest BCUT2D eigenvalue weighted by Gasteiger charge is 2.33. The molecule has 1 heterocycles. The third-order valence-electron chi connectivity index (χ3n) is 3.51. The molecule has 1 aromatic carbocycles. The van der Waals surface area contributed by atoms with E-state index >= 15 is 0 Å². The summed E-state index contributed by atoms with van der Waals surface area (Å²) in [4.78, 5) is 13.8. The van der Waals surface area contributed by atoms with Gasteiger partial charge in [-0.05, 0) is 24.3 Å². The molecule has 4 nitrogen and oxygen atoms in total. The Labute approximate surface area is 138 Å². The molecule has 1 N–H and O–H groups in total. The molecule has 2 amide bonds. The molecule has 1 aromatic heterocycles. The Hall–Kier alpha value is -2.70. The van der Waals surface area contributed by atoms with Crippen LogP contribution in [0.2, 0.25) is 0 Å². The number of para-hydroxylation sites is 1. The fourth-order valence-corrected chi connectivity index (χ4v) is 2.26. The summed E-state index contributed by atoms with van der Waals surface area (Å²) in [6, 6.07) is 7.95. The average molecular weight is 337 g/mol. The van der Waals surface area contributed by atoms with Gasteiger partial charge in [-0.1, -0.05) is 18.2 Å². The molecule has 0 aliphatic heterocycles. The average Bonchev–Trinajstić information content (AvgIpc) is 2.91. The van der Waals surface area contributed by atoms with Gasteiger partial charge in [0.15, 0.2) is 0 Å². The molecule has 0 bridgehead atoms. The van der Waals surface area contributed by atoms with Gasteiger partial charge < -0.3 is 14.8 Å². The van der Waals surface area contributed by atoms with Gasteiger partial charge in [-0.2, -0.15) is 13.2 Å². The van der Waals surface area contributed by atoms with Crippen molar-refractivity contribution in [1.29, 1.82) is 0 Å². The summed E-state index contributed by atoms with van der Waals surface area (Å²) in [6.45, 7) is 4.06. The van der Waals surface area contributed by atoms with Gasteiger partial charge in [0.2, 0.25) is 0 Å². The third kappa shape index (κ3) is 4.18. The SMILES string of the molecule is C=CCN(Cc1cccn1C)C(=O)Nc1ccccc1C(F)(F)F. The summed E-state index contributed by atoms with van der Waals surface area (Å²) >= 11 is 0. The van der Waals surface area contributed by atoms with Crippen molar-refractivity contribution in [1.82, 2.24) is 9.47 Å². The quantitative estimate of drug-likeness (QED) is 0.813. The van der Waals surface area contributed by atoms with Gasteiger partial charge in [-0.3, -0.25) is 0 Å². The molecule has 0 spiro atoms. The van der Waals surface area contributed by atoms with Crippen LogP contribution in [0.25, 0.3) is 0 Å². The van der Waals surface area contributed by atoms with Crippen molar-refractivity contribution in [3.63, 3.8) is 0 Å². The molecule has 0 atom stereocenters. The third-order valence-corrected chi connectivity index (χ3v) is 3.51. The first-order valence-electron chi connectivity index (χ1n) is 7.26. The minimum atomic E-state index is -4.54. The number of aryl methyl sites for hydroxylation is 1. The summed E-state index contributed by atoms with van der Waals surface area (Å²) in [6.07, 6.45) is -1.18. The molecular weight excluding hydrogens is 319 g/mol. The van der Waals surface area contributed by atoms with Crippen LogP contribution in [0.15, 0.2) is 55.3 Å². The van der Waals surface area contributed by atoms with Crippen molar-refractivity contribution in [2.24, 2.45) is 7.05 Å². The Morgan fingerprint density at radius 1 is 1.29 bits per heavy atom. The zero-order chi connectivity index (χ0) is 17.7. The van der Waals surface area contributed by atoms with Crippen LogP contribution in [0.1, 0.15) is 11.3 Å². The second-order valence-corrected chi connectivity index (χ2v) is 5.25. The Kier molecular flexibility index (Phi) is 5.33. The number of benzene rings is 1. The molecule has 2 rings (SSSR count). The molecule has 0 saturated carbocycles. The lowest BCUT2D eigenvalue weighted by atomic mass is 10.1. The Morgan fingerprint density at radius 2 is 2.00 bits per heavy atom. The van der Waals surface area contributed by atoms with Crippen molar-refractivity contribution in [2.45, 2.75) is 12.7 Å². The first kappa shape index (κ1) is 17.7. The molecule has 128 valence electrons. The molecule has 0 saturated heterocycles. The monoisotopic (exact) mass is 337 g/mol. The van der Waals surface area contributed by atoms with Crippen molar-refractivity contribution in [3.05, 3.63) is 66.5 Å². The molecule has 2 aromatic rings. The maximum absolute atomic E-state index is 13.0. The largest absolute Gasteiger partial charge is 0.418 e. The fourth-order valence-electron chi connectivity index (χ4n) is 2.26. The van der Waals surface area contributed by atoms with E-state index in [9.17, 15) is 18.0 Å². The van der Waals surface area contributed by atoms with Crippen LogP contribution in [0.5, 0.6) is 0 Å². The van der Waals surface area contributed by atoms with E-state index in [1.54, 1.807) is 0 Å². The molecule has 0 fully saturated rings. The molecule has 0 aliphatic rings. The van der Waals surface area contributed by atoms with E-state index in [0.29, 0.717) is 0 Å². The van der Waals surface area contributed by atoms with Gasteiger partial charge >= 0.3 is 12.2 Å². The minimum absolute atomic E-state index is 0.213. The predicted octanol–water partition coefficient (Wildman–Crippen LogP) is 4.26. The van der Waals surface area contributed by atoms with Crippen LogP contribution in [-0.2, 0) is 19.8 Å². The van der Waals surface area contributed by atoms with E-state index in [4.69, 9.17) is 0 Å². The number of anilines is 1. The van der Waals surface area contributed by atoms with Gasteiger partial charge in [-0.15, -0.1) is 6.58 Å². The van der Waals surface area contributed by atoms with E-state index in [2.05, 4.69) is 11.9 Å². The number of carbonyl (C=O) groups excluding carboxylic acids is 1. The fraction of sp³-hybridized carbons (Fsp3) is 0.235. The highest BCUT2D eigenvalue weighted by Crippen LogP contribution is 2.34. The Balaban J connectivity index is 2.20. The van der Waals surface area contributed by atoms with Gasteiger partial charge in [0, 0.05) is 25.5 Å². The number of halogens is 3. The summed E-state index contributed by atoms with van der Waals surface area (Å²) in [5.41, 5.74) is -0.289.